The number of anilines is 2. The van der Waals surface area contributed by atoms with E-state index in [0.29, 0.717) is 48.1 Å². The monoisotopic (exact) mass is 465 g/mol. The minimum absolute atomic E-state index is 0.148. The first-order valence-electron chi connectivity index (χ1n) is 10.4. The molecule has 168 valence electrons. The van der Waals surface area contributed by atoms with Crippen molar-refractivity contribution < 1.29 is 17.9 Å². The molecule has 1 saturated heterocycles. The third-order valence-electron chi connectivity index (χ3n) is 5.19. The maximum atomic E-state index is 13.4. The molecule has 0 bridgehead atoms. The number of carbonyl (C=O) groups is 1. The van der Waals surface area contributed by atoms with Gasteiger partial charge in [0.05, 0.1) is 18.2 Å². The van der Waals surface area contributed by atoms with Gasteiger partial charge in [-0.3, -0.25) is 9.10 Å². The van der Waals surface area contributed by atoms with E-state index in [2.05, 4.69) is 5.32 Å². The molecule has 1 atom stereocenters. The molecule has 31 heavy (non-hydrogen) atoms. The lowest BCUT2D eigenvalue weighted by Gasteiger charge is -2.35. The van der Waals surface area contributed by atoms with Crippen molar-refractivity contribution >= 4 is 39.1 Å². The van der Waals surface area contributed by atoms with Crippen molar-refractivity contribution in [1.29, 1.82) is 0 Å². The number of halogens is 1. The standard InChI is InChI=1S/C22H28ClN3O4S/c1-3-26(20-11-13-21(14-12-20)30-4-2)31(28,29)25-15-5-6-17(16-25)22(27)24-19-9-7-18(23)8-10-19/h7-14,17H,3-6,15-16H2,1-2H3,(H,24,27). The summed E-state index contributed by atoms with van der Waals surface area (Å²) in [6, 6.07) is 13.8. The molecule has 9 heteroatoms. The van der Waals surface area contributed by atoms with Gasteiger partial charge in [0, 0.05) is 30.3 Å². The van der Waals surface area contributed by atoms with Crippen molar-refractivity contribution in [3.8, 4) is 5.75 Å². The third-order valence-corrected chi connectivity index (χ3v) is 7.46. The van der Waals surface area contributed by atoms with Crippen LogP contribution in [0.5, 0.6) is 5.75 Å². The molecular weight excluding hydrogens is 438 g/mol. The zero-order chi connectivity index (χ0) is 22.4. The SMILES string of the molecule is CCOc1ccc(N(CC)S(=O)(=O)N2CCCC(C(=O)Nc3ccc(Cl)cc3)C2)cc1. The largest absolute Gasteiger partial charge is 0.494 e. The van der Waals surface area contributed by atoms with Gasteiger partial charge in [0.15, 0.2) is 0 Å². The van der Waals surface area contributed by atoms with E-state index in [1.807, 2.05) is 6.92 Å². The lowest BCUT2D eigenvalue weighted by atomic mass is 9.99. The van der Waals surface area contributed by atoms with Crippen LogP contribution in [0.15, 0.2) is 48.5 Å². The van der Waals surface area contributed by atoms with Crippen LogP contribution in [-0.2, 0) is 15.0 Å². The Kier molecular flexibility index (Phi) is 7.80. The smallest absolute Gasteiger partial charge is 0.304 e. The fourth-order valence-electron chi connectivity index (χ4n) is 3.64. The van der Waals surface area contributed by atoms with E-state index in [1.54, 1.807) is 55.5 Å². The molecule has 7 nitrogen and oxygen atoms in total. The summed E-state index contributed by atoms with van der Waals surface area (Å²) in [5.41, 5.74) is 1.21. The summed E-state index contributed by atoms with van der Waals surface area (Å²) in [4.78, 5) is 12.7. The number of benzene rings is 2. The second-order valence-corrected chi connectivity index (χ2v) is 9.58. The van der Waals surface area contributed by atoms with Gasteiger partial charge in [-0.1, -0.05) is 11.6 Å². The van der Waals surface area contributed by atoms with Crippen molar-refractivity contribution in [1.82, 2.24) is 4.31 Å². The van der Waals surface area contributed by atoms with Gasteiger partial charge in [-0.25, -0.2) is 0 Å². The Bertz CT molecular complexity index is 981. The Morgan fingerprint density at radius 3 is 2.45 bits per heavy atom. The fourth-order valence-corrected chi connectivity index (χ4v) is 5.48. The fraction of sp³-hybridized carbons (Fsp3) is 0.409. The normalized spacial score (nSPS) is 17.2. The van der Waals surface area contributed by atoms with Crippen molar-refractivity contribution in [3.05, 3.63) is 53.6 Å². The van der Waals surface area contributed by atoms with E-state index in [1.165, 1.54) is 8.61 Å². The van der Waals surface area contributed by atoms with E-state index in [4.69, 9.17) is 16.3 Å². The number of hydrogen-bond donors (Lipinski definition) is 1. The summed E-state index contributed by atoms with van der Waals surface area (Å²) in [7, 11) is -3.77. The summed E-state index contributed by atoms with van der Waals surface area (Å²) in [5.74, 6) is 0.0844. The van der Waals surface area contributed by atoms with Gasteiger partial charge in [0.25, 0.3) is 0 Å². The molecule has 1 N–H and O–H groups in total. The van der Waals surface area contributed by atoms with Gasteiger partial charge in [0.2, 0.25) is 5.91 Å². The van der Waals surface area contributed by atoms with Crippen LogP contribution in [0.25, 0.3) is 0 Å². The minimum Gasteiger partial charge on any atom is -0.494 e. The van der Waals surface area contributed by atoms with Crippen LogP contribution >= 0.6 is 11.6 Å². The predicted octanol–water partition coefficient (Wildman–Crippen LogP) is 4.16. The van der Waals surface area contributed by atoms with Crippen LogP contribution in [0.4, 0.5) is 11.4 Å². The number of ether oxygens (including phenoxy) is 1. The van der Waals surface area contributed by atoms with E-state index >= 15 is 0 Å². The van der Waals surface area contributed by atoms with Gasteiger partial charge < -0.3 is 10.1 Å². The molecule has 1 heterocycles. The highest BCUT2D eigenvalue weighted by Gasteiger charge is 2.35. The van der Waals surface area contributed by atoms with Crippen molar-refractivity contribution in [2.24, 2.45) is 5.92 Å². The Balaban J connectivity index is 1.72. The maximum absolute atomic E-state index is 13.4. The van der Waals surface area contributed by atoms with Gasteiger partial charge in [-0.05, 0) is 75.2 Å². The molecule has 0 aliphatic carbocycles. The predicted molar refractivity (Wildman–Crippen MR) is 124 cm³/mol. The quantitative estimate of drug-likeness (QED) is 0.634. The molecule has 2 aromatic rings. The number of nitrogens with zero attached hydrogens (tertiary/aromatic N) is 2. The van der Waals surface area contributed by atoms with Gasteiger partial charge in [0.1, 0.15) is 5.75 Å². The zero-order valence-corrected chi connectivity index (χ0v) is 19.3. The Labute approximate surface area is 189 Å². The van der Waals surface area contributed by atoms with Crippen LogP contribution in [0.3, 0.4) is 0 Å². The van der Waals surface area contributed by atoms with Gasteiger partial charge in [-0.2, -0.15) is 12.7 Å². The first kappa shape index (κ1) is 23.4. The van der Waals surface area contributed by atoms with Crippen LogP contribution in [0.2, 0.25) is 5.02 Å². The Morgan fingerprint density at radius 1 is 1.16 bits per heavy atom. The summed E-state index contributed by atoms with van der Waals surface area (Å²) >= 11 is 5.89. The summed E-state index contributed by atoms with van der Waals surface area (Å²) in [6.45, 7) is 5.06. The molecule has 1 fully saturated rings. The van der Waals surface area contributed by atoms with Crippen molar-refractivity contribution in [3.63, 3.8) is 0 Å². The highest BCUT2D eigenvalue weighted by atomic mass is 35.5. The molecule has 1 amide bonds. The average Bonchev–Trinajstić information content (AvgIpc) is 2.77. The molecule has 0 radical (unpaired) electrons. The number of amides is 1. The Hall–Kier alpha value is -2.29. The molecular formula is C22H28ClN3O4S. The van der Waals surface area contributed by atoms with E-state index in [0.717, 1.165) is 0 Å². The number of rotatable bonds is 8. The zero-order valence-electron chi connectivity index (χ0n) is 17.8. The number of piperidine rings is 1. The maximum Gasteiger partial charge on any atom is 0.304 e. The van der Waals surface area contributed by atoms with Crippen molar-refractivity contribution in [2.45, 2.75) is 26.7 Å². The van der Waals surface area contributed by atoms with Crippen LogP contribution in [-0.4, -0.2) is 44.9 Å². The van der Waals surface area contributed by atoms with Crippen LogP contribution < -0.4 is 14.4 Å². The van der Waals surface area contributed by atoms with Gasteiger partial charge >= 0.3 is 10.2 Å². The summed E-state index contributed by atoms with van der Waals surface area (Å²) < 4.78 is 34.9. The van der Waals surface area contributed by atoms with Crippen LogP contribution in [0.1, 0.15) is 26.7 Å². The summed E-state index contributed by atoms with van der Waals surface area (Å²) in [6.07, 6.45) is 1.26. The first-order valence-corrected chi connectivity index (χ1v) is 12.2. The topological polar surface area (TPSA) is 79.0 Å². The number of carbonyl (C=O) groups excluding carboxylic acids is 1. The lowest BCUT2D eigenvalue weighted by Crippen LogP contribution is -2.50. The minimum atomic E-state index is -3.77. The molecule has 0 saturated carbocycles. The van der Waals surface area contributed by atoms with E-state index < -0.39 is 16.1 Å². The number of nitrogens with one attached hydrogen (secondary N) is 1. The molecule has 0 spiro atoms. The molecule has 1 unspecified atom stereocenters. The molecule has 1 aliphatic rings. The first-order chi connectivity index (χ1) is 14.8. The van der Waals surface area contributed by atoms with Gasteiger partial charge in [-0.15, -0.1) is 0 Å². The summed E-state index contributed by atoms with van der Waals surface area (Å²) in [5, 5.41) is 3.44. The van der Waals surface area contributed by atoms with Crippen LogP contribution in [0, 0.1) is 5.92 Å². The molecule has 3 rings (SSSR count). The molecule has 0 aromatic heterocycles. The lowest BCUT2D eigenvalue weighted by molar-refractivity contribution is -0.120. The highest BCUT2D eigenvalue weighted by Crippen LogP contribution is 2.27. The Morgan fingerprint density at radius 2 is 1.84 bits per heavy atom. The second kappa shape index (κ2) is 10.3. The van der Waals surface area contributed by atoms with E-state index in [-0.39, 0.29) is 19.0 Å². The van der Waals surface area contributed by atoms with Crippen molar-refractivity contribution in [2.75, 3.05) is 35.9 Å². The second-order valence-electron chi connectivity index (χ2n) is 7.29. The highest BCUT2D eigenvalue weighted by molar-refractivity contribution is 7.90. The molecule has 1 aliphatic heterocycles. The van der Waals surface area contributed by atoms with E-state index in [9.17, 15) is 13.2 Å². The average molecular weight is 466 g/mol. The molecule has 2 aromatic carbocycles. The third kappa shape index (κ3) is 5.70. The number of hydrogen-bond acceptors (Lipinski definition) is 4.